The summed E-state index contributed by atoms with van der Waals surface area (Å²) in [5, 5.41) is 4.32. The maximum Gasteiger partial charge on any atom is 0.271 e. The topological polar surface area (TPSA) is 51.2 Å². The first-order chi connectivity index (χ1) is 14.7. The molecular weight excluding hydrogens is 374 g/mol. The highest BCUT2D eigenvalue weighted by atomic mass is 16.2. The lowest BCUT2D eigenvalue weighted by molar-refractivity contribution is 0.0954. The number of piperazine rings is 1. The molecule has 1 amide bonds. The molecule has 6 heteroatoms. The number of nitrogens with zero attached hydrogens (tertiary/aromatic N) is 4. The molecule has 0 saturated carbocycles. The van der Waals surface area contributed by atoms with Crippen LogP contribution in [0.15, 0.2) is 59.7 Å². The van der Waals surface area contributed by atoms with Crippen molar-refractivity contribution >= 4 is 17.3 Å². The van der Waals surface area contributed by atoms with Gasteiger partial charge < -0.3 is 9.80 Å². The summed E-state index contributed by atoms with van der Waals surface area (Å²) in [5.41, 5.74) is 6.99. The van der Waals surface area contributed by atoms with Crippen molar-refractivity contribution < 1.29 is 4.79 Å². The summed E-state index contributed by atoms with van der Waals surface area (Å²) in [5.74, 6) is -0.135. The second kappa shape index (κ2) is 9.87. The van der Waals surface area contributed by atoms with Gasteiger partial charge in [0.15, 0.2) is 0 Å². The first-order valence-electron chi connectivity index (χ1n) is 10.8. The highest BCUT2D eigenvalue weighted by molar-refractivity contribution is 5.95. The van der Waals surface area contributed by atoms with Crippen molar-refractivity contribution in [3.8, 4) is 0 Å². The molecule has 158 valence electrons. The van der Waals surface area contributed by atoms with E-state index in [0.29, 0.717) is 5.56 Å². The van der Waals surface area contributed by atoms with Gasteiger partial charge in [0.1, 0.15) is 0 Å². The Bertz CT molecular complexity index is 847. The molecule has 2 fully saturated rings. The molecule has 0 radical (unpaired) electrons. The molecule has 0 unspecified atom stereocenters. The van der Waals surface area contributed by atoms with E-state index in [1.54, 1.807) is 0 Å². The Morgan fingerprint density at radius 3 is 2.23 bits per heavy atom. The Balaban J connectivity index is 1.25. The third-order valence-corrected chi connectivity index (χ3v) is 6.00. The number of carbonyl (C=O) groups excluding carboxylic acids is 1. The molecule has 2 aliphatic rings. The Morgan fingerprint density at radius 2 is 1.57 bits per heavy atom. The van der Waals surface area contributed by atoms with Gasteiger partial charge in [-0.05, 0) is 36.9 Å². The second-order valence-electron chi connectivity index (χ2n) is 8.22. The van der Waals surface area contributed by atoms with Crippen LogP contribution in [0, 0.1) is 0 Å². The number of carbonyl (C=O) groups is 1. The third kappa shape index (κ3) is 5.46. The van der Waals surface area contributed by atoms with Gasteiger partial charge in [-0.3, -0.25) is 9.69 Å². The minimum atomic E-state index is -0.135. The van der Waals surface area contributed by atoms with E-state index in [-0.39, 0.29) is 5.91 Å². The standard InChI is InChI=1S/C24H31N5O/c1-27-13-11-22(12-14-27)25-26-24(30)21-9-7-20(8-10-21)19-28-15-17-29(18-16-28)23-5-3-2-4-6-23/h2-10H,11-19H2,1H3,(H,26,30). The highest BCUT2D eigenvalue weighted by Gasteiger charge is 2.17. The normalized spacial score (nSPS) is 18.3. The average molecular weight is 406 g/mol. The Kier molecular flexibility index (Phi) is 6.77. The van der Waals surface area contributed by atoms with Crippen molar-refractivity contribution in [3.05, 3.63) is 65.7 Å². The third-order valence-electron chi connectivity index (χ3n) is 6.00. The number of hydrogen-bond donors (Lipinski definition) is 1. The van der Waals surface area contributed by atoms with Crippen LogP contribution in [0.3, 0.4) is 0 Å². The fourth-order valence-corrected chi connectivity index (χ4v) is 4.01. The van der Waals surface area contributed by atoms with E-state index in [1.165, 1.54) is 11.3 Å². The predicted molar refractivity (Wildman–Crippen MR) is 122 cm³/mol. The molecule has 0 aromatic heterocycles. The van der Waals surface area contributed by atoms with Crippen molar-refractivity contribution in [2.75, 3.05) is 51.2 Å². The SMILES string of the molecule is CN1CCC(=NNC(=O)c2ccc(CN3CCN(c4ccccc4)CC3)cc2)CC1. The number of rotatable bonds is 5. The summed E-state index contributed by atoms with van der Waals surface area (Å²) >= 11 is 0. The van der Waals surface area contributed by atoms with Crippen LogP contribution >= 0.6 is 0 Å². The number of hydrogen-bond acceptors (Lipinski definition) is 5. The molecule has 0 atom stereocenters. The lowest BCUT2D eigenvalue weighted by Gasteiger charge is -2.36. The molecule has 0 spiro atoms. The van der Waals surface area contributed by atoms with Crippen LogP contribution in [0.4, 0.5) is 5.69 Å². The first kappa shape index (κ1) is 20.6. The summed E-state index contributed by atoms with van der Waals surface area (Å²) in [6, 6.07) is 18.5. The van der Waals surface area contributed by atoms with Gasteiger partial charge in [0, 0.05) is 75.6 Å². The van der Waals surface area contributed by atoms with Gasteiger partial charge >= 0.3 is 0 Å². The number of amides is 1. The van der Waals surface area contributed by atoms with Gasteiger partial charge in [-0.1, -0.05) is 30.3 Å². The average Bonchev–Trinajstić information content (AvgIpc) is 2.80. The van der Waals surface area contributed by atoms with Crippen molar-refractivity contribution in [2.24, 2.45) is 5.10 Å². The highest BCUT2D eigenvalue weighted by Crippen LogP contribution is 2.17. The van der Waals surface area contributed by atoms with Crippen LogP contribution < -0.4 is 10.3 Å². The van der Waals surface area contributed by atoms with Crippen molar-refractivity contribution in [2.45, 2.75) is 19.4 Å². The quantitative estimate of drug-likeness (QED) is 0.778. The molecular formula is C24H31N5O. The molecule has 4 rings (SSSR count). The summed E-state index contributed by atoms with van der Waals surface area (Å²) in [4.78, 5) is 19.6. The van der Waals surface area contributed by atoms with Gasteiger partial charge in [0.25, 0.3) is 5.91 Å². The minimum absolute atomic E-state index is 0.135. The molecule has 0 bridgehead atoms. The molecule has 0 aliphatic carbocycles. The molecule has 2 aliphatic heterocycles. The summed E-state index contributed by atoms with van der Waals surface area (Å²) in [6.45, 7) is 7.10. The number of anilines is 1. The molecule has 6 nitrogen and oxygen atoms in total. The number of benzene rings is 2. The van der Waals surface area contributed by atoms with Gasteiger partial charge in [-0.2, -0.15) is 5.10 Å². The largest absolute Gasteiger partial charge is 0.369 e. The number of piperidine rings is 1. The van der Waals surface area contributed by atoms with Crippen LogP contribution in [0.1, 0.15) is 28.8 Å². The number of nitrogens with one attached hydrogen (secondary N) is 1. The van der Waals surface area contributed by atoms with E-state index in [0.717, 1.165) is 64.4 Å². The van der Waals surface area contributed by atoms with Crippen LogP contribution in [0.25, 0.3) is 0 Å². The fourth-order valence-electron chi connectivity index (χ4n) is 4.01. The maximum atomic E-state index is 12.4. The summed E-state index contributed by atoms with van der Waals surface area (Å²) in [6.07, 6.45) is 1.85. The van der Waals surface area contributed by atoms with Gasteiger partial charge in [0.05, 0.1) is 0 Å². The molecule has 2 heterocycles. The number of hydrazone groups is 1. The number of para-hydroxylation sites is 1. The van der Waals surface area contributed by atoms with Gasteiger partial charge in [-0.15, -0.1) is 0 Å². The zero-order chi connectivity index (χ0) is 20.8. The zero-order valence-corrected chi connectivity index (χ0v) is 17.8. The van der Waals surface area contributed by atoms with Crippen LogP contribution in [0.5, 0.6) is 0 Å². The van der Waals surface area contributed by atoms with Gasteiger partial charge in [-0.25, -0.2) is 5.43 Å². The van der Waals surface area contributed by atoms with Crippen LogP contribution in [0.2, 0.25) is 0 Å². The predicted octanol–water partition coefficient (Wildman–Crippen LogP) is 2.82. The second-order valence-corrected chi connectivity index (χ2v) is 8.22. The molecule has 2 aromatic rings. The summed E-state index contributed by atoms with van der Waals surface area (Å²) < 4.78 is 0. The Labute approximate surface area is 179 Å². The van der Waals surface area contributed by atoms with E-state index >= 15 is 0 Å². The molecule has 2 aromatic carbocycles. The molecule has 2 saturated heterocycles. The fraction of sp³-hybridized carbons (Fsp3) is 0.417. The van der Waals surface area contributed by atoms with Crippen molar-refractivity contribution in [3.63, 3.8) is 0 Å². The Morgan fingerprint density at radius 1 is 0.900 bits per heavy atom. The van der Waals surface area contributed by atoms with Gasteiger partial charge in [0.2, 0.25) is 0 Å². The monoisotopic (exact) mass is 405 g/mol. The number of likely N-dealkylation sites (tertiary alicyclic amines) is 1. The van der Waals surface area contributed by atoms with Crippen molar-refractivity contribution in [1.29, 1.82) is 0 Å². The first-order valence-corrected chi connectivity index (χ1v) is 10.8. The van der Waals surface area contributed by atoms with E-state index in [1.807, 2.05) is 12.1 Å². The zero-order valence-electron chi connectivity index (χ0n) is 17.8. The maximum absolute atomic E-state index is 12.4. The minimum Gasteiger partial charge on any atom is -0.369 e. The summed E-state index contributed by atoms with van der Waals surface area (Å²) in [7, 11) is 2.11. The Hall–Kier alpha value is -2.70. The van der Waals surface area contributed by atoms with Crippen LogP contribution in [-0.4, -0.2) is 67.7 Å². The molecule has 30 heavy (non-hydrogen) atoms. The molecule has 1 N–H and O–H groups in total. The van der Waals surface area contributed by atoms with Crippen LogP contribution in [-0.2, 0) is 6.54 Å². The lowest BCUT2D eigenvalue weighted by atomic mass is 10.1. The van der Waals surface area contributed by atoms with E-state index in [4.69, 9.17) is 0 Å². The van der Waals surface area contributed by atoms with E-state index in [9.17, 15) is 4.79 Å². The van der Waals surface area contributed by atoms with E-state index < -0.39 is 0 Å². The lowest BCUT2D eigenvalue weighted by Crippen LogP contribution is -2.45. The smallest absolute Gasteiger partial charge is 0.271 e. The van der Waals surface area contributed by atoms with Crippen molar-refractivity contribution in [1.82, 2.24) is 15.2 Å². The van der Waals surface area contributed by atoms with E-state index in [2.05, 4.69) is 74.7 Å².